The van der Waals surface area contributed by atoms with Crippen LogP contribution in [0.1, 0.15) is 25.7 Å². The zero-order valence-electron chi connectivity index (χ0n) is 18.7. The molecule has 0 bridgehead atoms. The van der Waals surface area contributed by atoms with E-state index < -0.39 is 17.2 Å². The van der Waals surface area contributed by atoms with Gasteiger partial charge in [-0.1, -0.05) is 29.8 Å². The van der Waals surface area contributed by atoms with Crippen LogP contribution in [0.2, 0.25) is 5.02 Å². The van der Waals surface area contributed by atoms with Crippen molar-refractivity contribution in [1.82, 2.24) is 15.0 Å². The average Bonchev–Trinajstić information content (AvgIpc) is 2.86. The van der Waals surface area contributed by atoms with E-state index in [1.54, 1.807) is 30.5 Å². The minimum atomic E-state index is -1.75. The molecule has 1 aliphatic carbocycles. The third-order valence-corrected chi connectivity index (χ3v) is 7.66. The van der Waals surface area contributed by atoms with E-state index in [2.05, 4.69) is 25.0 Å². The van der Waals surface area contributed by atoms with Gasteiger partial charge in [-0.25, -0.2) is 19.3 Å². The van der Waals surface area contributed by atoms with Crippen molar-refractivity contribution in [2.75, 3.05) is 10.0 Å². The molecule has 7 nitrogen and oxygen atoms in total. The van der Waals surface area contributed by atoms with Crippen LogP contribution in [0.25, 0.3) is 22.0 Å². The minimum Gasteiger partial charge on any atom is -0.588 e. The van der Waals surface area contributed by atoms with Gasteiger partial charge in [0.05, 0.1) is 10.5 Å². The normalized spacial score (nSPS) is 18.9. The summed E-state index contributed by atoms with van der Waals surface area (Å²) in [6, 6.07) is 14.3. The quantitative estimate of drug-likeness (QED) is 0.302. The standard InChI is InChI=1S/C25H24ClFN6OS/c26-20-3-1-2-4-23(20)35(34)33-24-21(27)12-16(13-29-24)15-5-10-22-17(11-15)14-30-25(32-22)31-19-8-6-18(28)7-9-19/h1-5,10-14,18-19H,6-9,28H2,(H,29,33)(H,30,31,32)/t18-,19-,35?. The summed E-state index contributed by atoms with van der Waals surface area (Å²) in [5.74, 6) is -0.137. The van der Waals surface area contributed by atoms with Gasteiger partial charge >= 0.3 is 0 Å². The van der Waals surface area contributed by atoms with Gasteiger partial charge in [0.15, 0.2) is 10.7 Å². The molecule has 1 atom stereocenters. The van der Waals surface area contributed by atoms with Crippen molar-refractivity contribution in [1.29, 1.82) is 0 Å². The number of nitrogens with two attached hydrogens (primary N) is 1. The molecule has 0 spiro atoms. The number of hydrogen-bond acceptors (Lipinski definition) is 7. The van der Waals surface area contributed by atoms with Gasteiger partial charge in [-0.3, -0.25) is 0 Å². The monoisotopic (exact) mass is 510 g/mol. The van der Waals surface area contributed by atoms with Crippen LogP contribution < -0.4 is 15.8 Å². The molecule has 0 amide bonds. The van der Waals surface area contributed by atoms with Gasteiger partial charge in [-0.2, -0.15) is 4.72 Å². The summed E-state index contributed by atoms with van der Waals surface area (Å²) in [5.41, 5.74) is 8.13. The second-order valence-electron chi connectivity index (χ2n) is 8.58. The van der Waals surface area contributed by atoms with E-state index in [1.807, 2.05) is 18.2 Å². The van der Waals surface area contributed by atoms with Crippen LogP contribution in [0.5, 0.6) is 0 Å². The summed E-state index contributed by atoms with van der Waals surface area (Å²) in [5, 5.41) is 4.57. The molecule has 1 fully saturated rings. The summed E-state index contributed by atoms with van der Waals surface area (Å²) in [6.07, 6.45) is 7.32. The number of hydrogen-bond donors (Lipinski definition) is 3. The number of anilines is 2. The number of pyridine rings is 1. The largest absolute Gasteiger partial charge is 0.588 e. The maximum absolute atomic E-state index is 14.8. The molecule has 10 heteroatoms. The molecular formula is C25H24ClFN6OS. The van der Waals surface area contributed by atoms with Gasteiger partial charge in [0.2, 0.25) is 11.8 Å². The van der Waals surface area contributed by atoms with E-state index in [0.29, 0.717) is 27.5 Å². The second-order valence-corrected chi connectivity index (χ2v) is 10.2. The summed E-state index contributed by atoms with van der Waals surface area (Å²) in [7, 11) is 0. The fraction of sp³-hybridized carbons (Fsp3) is 0.240. The van der Waals surface area contributed by atoms with Crippen LogP contribution >= 0.6 is 11.6 Å². The lowest BCUT2D eigenvalue weighted by atomic mass is 9.92. The maximum atomic E-state index is 14.8. The van der Waals surface area contributed by atoms with E-state index >= 15 is 0 Å². The number of halogens is 2. The van der Waals surface area contributed by atoms with Crippen LogP contribution in [0.3, 0.4) is 0 Å². The first-order chi connectivity index (χ1) is 17.0. The number of fused-ring (bicyclic) bond motifs is 1. The summed E-state index contributed by atoms with van der Waals surface area (Å²) in [4.78, 5) is 13.6. The second kappa shape index (κ2) is 10.3. The number of benzene rings is 2. The Hall–Kier alpha value is -2.98. The van der Waals surface area contributed by atoms with Crippen LogP contribution in [-0.4, -0.2) is 31.6 Å². The molecule has 4 N–H and O–H groups in total. The molecule has 0 saturated heterocycles. The highest BCUT2D eigenvalue weighted by molar-refractivity contribution is 7.92. The van der Waals surface area contributed by atoms with Crippen LogP contribution in [0.15, 0.2) is 65.8 Å². The molecule has 35 heavy (non-hydrogen) atoms. The van der Waals surface area contributed by atoms with Gasteiger partial charge in [0.1, 0.15) is 11.4 Å². The molecule has 1 aliphatic rings. The van der Waals surface area contributed by atoms with E-state index in [4.69, 9.17) is 17.3 Å². The number of nitrogens with zero attached hydrogens (tertiary/aromatic N) is 3. The number of aromatic nitrogens is 3. The Morgan fingerprint density at radius 3 is 2.57 bits per heavy atom. The summed E-state index contributed by atoms with van der Waals surface area (Å²) < 4.78 is 29.9. The Bertz CT molecular complexity index is 1350. The van der Waals surface area contributed by atoms with Crippen molar-refractivity contribution in [2.45, 2.75) is 42.7 Å². The highest BCUT2D eigenvalue weighted by atomic mass is 35.5. The van der Waals surface area contributed by atoms with Crippen molar-refractivity contribution >= 4 is 45.6 Å². The molecule has 2 aromatic heterocycles. The molecule has 180 valence electrons. The van der Waals surface area contributed by atoms with Gasteiger partial charge in [-0.05, 0) is 61.6 Å². The topological polar surface area (TPSA) is 112 Å². The summed E-state index contributed by atoms with van der Waals surface area (Å²) in [6.45, 7) is 0. The van der Waals surface area contributed by atoms with Gasteiger partial charge in [0.25, 0.3) is 0 Å². The molecule has 2 heterocycles. The van der Waals surface area contributed by atoms with Crippen molar-refractivity contribution in [3.05, 3.63) is 71.8 Å². The van der Waals surface area contributed by atoms with Crippen LogP contribution in [0.4, 0.5) is 16.2 Å². The van der Waals surface area contributed by atoms with Gasteiger partial charge < -0.3 is 15.6 Å². The SMILES string of the molecule is N[C@H]1CC[C@H](Nc2ncc3cc(-c4cnc(N[S+]([O-])c5ccccc5Cl)c(F)c4)ccc3n2)CC1. The van der Waals surface area contributed by atoms with Gasteiger partial charge in [-0.15, -0.1) is 0 Å². The third-order valence-electron chi connectivity index (χ3n) is 6.09. The lowest BCUT2D eigenvalue weighted by Crippen LogP contribution is -2.33. The highest BCUT2D eigenvalue weighted by Gasteiger charge is 2.20. The zero-order valence-corrected chi connectivity index (χ0v) is 20.3. The van der Waals surface area contributed by atoms with Crippen molar-refractivity contribution < 1.29 is 8.94 Å². The first-order valence-electron chi connectivity index (χ1n) is 11.3. The first-order valence-corrected chi connectivity index (χ1v) is 12.9. The zero-order chi connectivity index (χ0) is 24.4. The molecule has 0 radical (unpaired) electrons. The van der Waals surface area contributed by atoms with E-state index in [9.17, 15) is 8.94 Å². The molecule has 1 unspecified atom stereocenters. The lowest BCUT2D eigenvalue weighted by Gasteiger charge is -2.26. The van der Waals surface area contributed by atoms with E-state index in [0.717, 1.165) is 42.1 Å². The molecular weight excluding hydrogens is 487 g/mol. The van der Waals surface area contributed by atoms with Crippen molar-refractivity contribution in [3.63, 3.8) is 0 Å². The van der Waals surface area contributed by atoms with Crippen LogP contribution in [-0.2, 0) is 11.4 Å². The van der Waals surface area contributed by atoms with Crippen molar-refractivity contribution in [3.8, 4) is 11.1 Å². The first kappa shape index (κ1) is 23.7. The molecule has 2 aromatic carbocycles. The molecule has 4 aromatic rings. The van der Waals surface area contributed by atoms with Gasteiger partial charge in [0, 0.05) is 35.4 Å². The fourth-order valence-electron chi connectivity index (χ4n) is 4.14. The molecule has 5 rings (SSSR count). The minimum absolute atomic E-state index is 0.115. The Labute approximate surface area is 210 Å². The van der Waals surface area contributed by atoms with Crippen LogP contribution in [0, 0.1) is 5.82 Å². The average molecular weight is 511 g/mol. The highest BCUT2D eigenvalue weighted by Crippen LogP contribution is 2.28. The lowest BCUT2D eigenvalue weighted by molar-refractivity contribution is 0.410. The number of rotatable bonds is 6. The number of nitrogens with one attached hydrogen (secondary N) is 2. The maximum Gasteiger partial charge on any atom is 0.223 e. The molecule has 1 saturated carbocycles. The van der Waals surface area contributed by atoms with E-state index in [1.165, 1.54) is 12.3 Å². The predicted octanol–water partition coefficient (Wildman–Crippen LogP) is 5.30. The molecule has 0 aliphatic heterocycles. The Kier molecular flexibility index (Phi) is 7.01. The smallest absolute Gasteiger partial charge is 0.223 e. The Balaban J connectivity index is 1.31. The predicted molar refractivity (Wildman–Crippen MR) is 138 cm³/mol. The third kappa shape index (κ3) is 5.48. The Morgan fingerprint density at radius 1 is 1.00 bits per heavy atom. The Morgan fingerprint density at radius 2 is 1.80 bits per heavy atom. The summed E-state index contributed by atoms with van der Waals surface area (Å²) >= 11 is 4.33. The fourth-order valence-corrected chi connectivity index (χ4v) is 5.37. The van der Waals surface area contributed by atoms with Crippen molar-refractivity contribution in [2.24, 2.45) is 5.73 Å². The van der Waals surface area contributed by atoms with E-state index in [-0.39, 0.29) is 11.9 Å².